The standard InChI is InChI=1S/C24H32ClF2N2O2PS/c1-3-19(8-7-12-25)21(4-2)22(28-13-6-5-11-24(26,27)32)14-23(31)29-15-20-10-9-18(16-30)17-33-20/h4,7,9-10,12-14,16,19,21H,2-3,5-6,8,11,15,17,32H2,1H3,(H,29,31)/b12-7?,22-14-,28-13+/t19?,21-/m1/s1. The van der Waals surface area contributed by atoms with Crippen molar-refractivity contribution in [3.05, 3.63) is 58.7 Å². The molecule has 0 saturated heterocycles. The van der Waals surface area contributed by atoms with E-state index in [2.05, 4.69) is 16.9 Å². The number of allylic oxidation sites excluding steroid dienone is 4. The second-order valence-electron chi connectivity index (χ2n) is 7.56. The van der Waals surface area contributed by atoms with Gasteiger partial charge in [-0.2, -0.15) is 0 Å². The summed E-state index contributed by atoms with van der Waals surface area (Å²) in [5.74, 6) is 0.208. The Morgan fingerprint density at radius 2 is 2.21 bits per heavy atom. The van der Waals surface area contributed by atoms with E-state index in [0.717, 1.165) is 17.6 Å². The maximum Gasteiger partial charge on any atom is 0.259 e. The molecule has 182 valence electrons. The summed E-state index contributed by atoms with van der Waals surface area (Å²) in [5.41, 5.74) is -0.0876. The lowest BCUT2D eigenvalue weighted by Gasteiger charge is -2.23. The average Bonchev–Trinajstić information content (AvgIpc) is 2.79. The largest absolute Gasteiger partial charge is 0.348 e. The number of carbonyl (C=O) groups excluding carboxylic acids is 2. The highest BCUT2D eigenvalue weighted by atomic mass is 35.5. The lowest BCUT2D eigenvalue weighted by atomic mass is 9.84. The minimum Gasteiger partial charge on any atom is -0.348 e. The van der Waals surface area contributed by atoms with Crippen LogP contribution in [0.4, 0.5) is 8.78 Å². The van der Waals surface area contributed by atoms with Crippen molar-refractivity contribution >= 4 is 51.0 Å². The number of carbonyl (C=O) groups is 2. The van der Waals surface area contributed by atoms with Crippen LogP contribution in [0.25, 0.3) is 0 Å². The maximum atomic E-state index is 13.0. The van der Waals surface area contributed by atoms with E-state index in [1.807, 2.05) is 19.1 Å². The third-order valence-electron chi connectivity index (χ3n) is 5.01. The predicted octanol–water partition coefficient (Wildman–Crippen LogP) is 6.42. The Kier molecular flexibility index (Phi) is 14.4. The second kappa shape index (κ2) is 16.1. The van der Waals surface area contributed by atoms with Crippen LogP contribution in [0, 0.1) is 11.8 Å². The molecule has 0 bridgehead atoms. The van der Waals surface area contributed by atoms with Gasteiger partial charge in [0.05, 0.1) is 5.70 Å². The van der Waals surface area contributed by atoms with Crippen LogP contribution in [0.15, 0.2) is 63.7 Å². The van der Waals surface area contributed by atoms with Gasteiger partial charge in [-0.1, -0.05) is 58.5 Å². The number of hydrogen-bond donors (Lipinski definition) is 1. The zero-order valence-electron chi connectivity index (χ0n) is 18.8. The van der Waals surface area contributed by atoms with Crippen LogP contribution >= 0.6 is 32.6 Å². The molecule has 0 aromatic rings. The number of rotatable bonds is 15. The smallest absolute Gasteiger partial charge is 0.259 e. The van der Waals surface area contributed by atoms with Crippen molar-refractivity contribution in [2.45, 2.75) is 44.7 Å². The van der Waals surface area contributed by atoms with Gasteiger partial charge in [0.2, 0.25) is 5.91 Å². The first-order valence-corrected chi connectivity index (χ1v) is 12.8. The first kappa shape index (κ1) is 29.5. The highest BCUT2D eigenvalue weighted by Gasteiger charge is 2.22. The molecule has 1 rings (SSSR count). The van der Waals surface area contributed by atoms with E-state index in [9.17, 15) is 18.4 Å². The molecule has 0 aliphatic carbocycles. The topological polar surface area (TPSA) is 58.5 Å². The predicted molar refractivity (Wildman–Crippen MR) is 140 cm³/mol. The van der Waals surface area contributed by atoms with E-state index in [0.29, 0.717) is 36.4 Å². The third kappa shape index (κ3) is 12.5. The first-order chi connectivity index (χ1) is 15.7. The van der Waals surface area contributed by atoms with Gasteiger partial charge in [0.25, 0.3) is 5.66 Å². The van der Waals surface area contributed by atoms with Gasteiger partial charge in [0.15, 0.2) is 0 Å². The molecular formula is C24H32ClF2N2O2PS. The van der Waals surface area contributed by atoms with Crippen molar-refractivity contribution in [3.63, 3.8) is 0 Å². The molecule has 0 radical (unpaired) electrons. The Balaban J connectivity index is 2.95. The molecule has 1 amide bonds. The lowest BCUT2D eigenvalue weighted by Crippen LogP contribution is -2.25. The van der Waals surface area contributed by atoms with Crippen LogP contribution < -0.4 is 5.32 Å². The van der Waals surface area contributed by atoms with E-state index in [1.54, 1.807) is 18.4 Å². The Labute approximate surface area is 207 Å². The number of hydrogen-bond acceptors (Lipinski definition) is 4. The summed E-state index contributed by atoms with van der Waals surface area (Å²) >= 11 is 7.20. The van der Waals surface area contributed by atoms with Gasteiger partial charge >= 0.3 is 0 Å². The van der Waals surface area contributed by atoms with E-state index in [1.165, 1.54) is 32.6 Å². The summed E-state index contributed by atoms with van der Waals surface area (Å²) in [7, 11) is 1.54. The van der Waals surface area contributed by atoms with Crippen molar-refractivity contribution in [2.24, 2.45) is 16.8 Å². The van der Waals surface area contributed by atoms with Crippen molar-refractivity contribution < 1.29 is 18.4 Å². The summed E-state index contributed by atoms with van der Waals surface area (Å²) < 4.78 is 26.0. The zero-order valence-corrected chi connectivity index (χ0v) is 21.5. The molecule has 33 heavy (non-hydrogen) atoms. The number of alkyl halides is 2. The number of amides is 1. The molecule has 4 nitrogen and oxygen atoms in total. The summed E-state index contributed by atoms with van der Waals surface area (Å²) in [4.78, 5) is 28.9. The van der Waals surface area contributed by atoms with Crippen molar-refractivity contribution in [3.8, 4) is 0 Å². The number of thioether (sulfide) groups is 1. The molecule has 1 heterocycles. The molecule has 2 unspecified atom stereocenters. The summed E-state index contributed by atoms with van der Waals surface area (Å²) in [6, 6.07) is 0. The van der Waals surface area contributed by atoms with Crippen LogP contribution in [0.3, 0.4) is 0 Å². The Morgan fingerprint density at radius 1 is 1.45 bits per heavy atom. The molecule has 0 aromatic carbocycles. The fourth-order valence-electron chi connectivity index (χ4n) is 3.18. The fourth-order valence-corrected chi connectivity index (χ4v) is 4.34. The van der Waals surface area contributed by atoms with Crippen LogP contribution in [0.1, 0.15) is 39.0 Å². The number of aliphatic imine (C=N–C) groups is 1. The van der Waals surface area contributed by atoms with Crippen molar-refractivity contribution in [1.29, 1.82) is 0 Å². The van der Waals surface area contributed by atoms with Gasteiger partial charge in [-0.3, -0.25) is 14.6 Å². The van der Waals surface area contributed by atoms with Gasteiger partial charge in [-0.05, 0) is 25.2 Å². The highest BCUT2D eigenvalue weighted by molar-refractivity contribution is 8.03. The van der Waals surface area contributed by atoms with Gasteiger partial charge < -0.3 is 5.32 Å². The molecule has 0 aromatic heterocycles. The van der Waals surface area contributed by atoms with Crippen LogP contribution in [0.2, 0.25) is 0 Å². The minimum absolute atomic E-state index is 0.133. The average molecular weight is 517 g/mol. The van der Waals surface area contributed by atoms with E-state index in [-0.39, 0.29) is 30.6 Å². The van der Waals surface area contributed by atoms with Crippen LogP contribution in [-0.4, -0.2) is 36.4 Å². The monoisotopic (exact) mass is 516 g/mol. The molecular weight excluding hydrogens is 485 g/mol. The van der Waals surface area contributed by atoms with E-state index >= 15 is 0 Å². The van der Waals surface area contributed by atoms with E-state index < -0.39 is 5.66 Å². The Bertz CT molecular complexity index is 820. The van der Waals surface area contributed by atoms with Gasteiger partial charge in [0.1, 0.15) is 6.29 Å². The van der Waals surface area contributed by atoms with Crippen LogP contribution in [-0.2, 0) is 9.59 Å². The fraction of sp³-hybridized carbons (Fsp3) is 0.458. The zero-order chi connectivity index (χ0) is 24.7. The van der Waals surface area contributed by atoms with E-state index in [4.69, 9.17) is 11.6 Å². The number of halogens is 3. The van der Waals surface area contributed by atoms with Crippen LogP contribution in [0.5, 0.6) is 0 Å². The number of nitrogens with one attached hydrogen (secondary N) is 1. The quantitative estimate of drug-likeness (QED) is 0.0682. The molecule has 0 fully saturated rings. The first-order valence-electron chi connectivity index (χ1n) is 10.8. The van der Waals surface area contributed by atoms with Crippen molar-refractivity contribution in [2.75, 3.05) is 12.3 Å². The summed E-state index contributed by atoms with van der Waals surface area (Å²) in [6.45, 7) is 6.31. The third-order valence-corrected chi connectivity index (χ3v) is 6.61. The Morgan fingerprint density at radius 3 is 2.76 bits per heavy atom. The highest BCUT2D eigenvalue weighted by Crippen LogP contribution is 2.30. The molecule has 1 aliphatic rings. The normalized spacial score (nSPS) is 16.9. The lowest BCUT2D eigenvalue weighted by molar-refractivity contribution is -0.116. The van der Waals surface area contributed by atoms with Gasteiger partial charge in [-0.25, -0.2) is 8.78 Å². The van der Waals surface area contributed by atoms with Gasteiger partial charge in [0, 0.05) is 52.9 Å². The number of aldehydes is 1. The molecule has 3 atom stereocenters. The molecule has 1 aliphatic heterocycles. The van der Waals surface area contributed by atoms with Crippen molar-refractivity contribution in [1.82, 2.24) is 5.32 Å². The Hall–Kier alpha value is -1.56. The minimum atomic E-state index is -2.79. The molecule has 0 saturated carbocycles. The molecule has 9 heteroatoms. The van der Waals surface area contributed by atoms with Gasteiger partial charge in [-0.15, -0.1) is 18.3 Å². The molecule has 1 N–H and O–H groups in total. The number of nitrogens with zero attached hydrogens (tertiary/aromatic N) is 1. The SMILES string of the molecule is C=C[C@@H](C(=C/C(=O)NCC1=CC=C(C=O)CS1)/N=C/CCCC(F)(F)P)C(CC)CC=CCl. The summed E-state index contributed by atoms with van der Waals surface area (Å²) in [6.07, 6.45) is 13.0. The summed E-state index contributed by atoms with van der Waals surface area (Å²) in [5, 5.41) is 2.85. The second-order valence-corrected chi connectivity index (χ2v) is 9.76. The maximum absolute atomic E-state index is 13.0. The number of unbranched alkanes of at least 4 members (excludes halogenated alkanes) is 1. The molecule has 0 spiro atoms.